The van der Waals surface area contributed by atoms with Gasteiger partial charge in [0.05, 0.1) is 17.6 Å². The second kappa shape index (κ2) is 7.22. The Morgan fingerprint density at radius 1 is 1.13 bits per heavy atom. The third-order valence-electron chi connectivity index (χ3n) is 3.06. The number of carbonyl (C=O) groups excluding carboxylic acids is 1. The van der Waals surface area contributed by atoms with E-state index in [4.69, 9.17) is 9.47 Å². The molecule has 0 aliphatic heterocycles. The minimum absolute atomic E-state index is 0.0881. The molecular weight excluding hydrogens is 298 g/mol. The molecule has 0 radical (unpaired) electrons. The van der Waals surface area contributed by atoms with Gasteiger partial charge in [-0.15, -0.1) is 0 Å². The van der Waals surface area contributed by atoms with E-state index in [1.54, 1.807) is 18.2 Å². The Kier molecular flexibility index (Phi) is 5.09. The average Bonchev–Trinajstić information content (AvgIpc) is 2.56. The standard InChI is InChI=1S/C17H15NO5/c1-3-4-12-5-10-15(16(11-12)22-2)23-17(19)13-6-8-14(9-7-13)18(20)21/h3-11H,1-2H3/b4-3+. The zero-order valence-electron chi connectivity index (χ0n) is 12.7. The molecule has 6 nitrogen and oxygen atoms in total. The minimum atomic E-state index is -0.614. The molecule has 0 unspecified atom stereocenters. The Hall–Kier alpha value is -3.15. The number of hydrogen-bond acceptors (Lipinski definition) is 5. The highest BCUT2D eigenvalue weighted by atomic mass is 16.6. The van der Waals surface area contributed by atoms with E-state index >= 15 is 0 Å². The quantitative estimate of drug-likeness (QED) is 0.362. The van der Waals surface area contributed by atoms with E-state index in [2.05, 4.69) is 0 Å². The number of nitro benzene ring substituents is 1. The van der Waals surface area contributed by atoms with Crippen LogP contribution in [-0.4, -0.2) is 18.0 Å². The van der Waals surface area contributed by atoms with Crippen molar-refractivity contribution in [1.29, 1.82) is 0 Å². The van der Waals surface area contributed by atoms with Crippen molar-refractivity contribution in [3.05, 3.63) is 69.8 Å². The molecule has 0 saturated carbocycles. The predicted molar refractivity (Wildman–Crippen MR) is 85.8 cm³/mol. The molecule has 6 heteroatoms. The normalized spacial score (nSPS) is 10.5. The first-order chi connectivity index (χ1) is 11.0. The average molecular weight is 313 g/mol. The maximum atomic E-state index is 12.1. The van der Waals surface area contributed by atoms with Gasteiger partial charge in [0.1, 0.15) is 0 Å². The van der Waals surface area contributed by atoms with Gasteiger partial charge in [0.25, 0.3) is 5.69 Å². The van der Waals surface area contributed by atoms with Crippen LogP contribution in [0.2, 0.25) is 0 Å². The second-order valence-electron chi connectivity index (χ2n) is 4.60. The SMILES string of the molecule is C/C=C/c1ccc(OC(=O)c2ccc([N+](=O)[O-])cc2)c(OC)c1. The summed E-state index contributed by atoms with van der Waals surface area (Å²) in [7, 11) is 1.48. The lowest BCUT2D eigenvalue weighted by atomic mass is 10.2. The minimum Gasteiger partial charge on any atom is -0.493 e. The van der Waals surface area contributed by atoms with E-state index < -0.39 is 10.9 Å². The fourth-order valence-electron chi connectivity index (χ4n) is 1.94. The molecule has 0 fully saturated rings. The summed E-state index contributed by atoms with van der Waals surface area (Å²) in [5.74, 6) is 0.0944. The van der Waals surface area contributed by atoms with Gasteiger partial charge >= 0.3 is 5.97 Å². The van der Waals surface area contributed by atoms with Gasteiger partial charge < -0.3 is 9.47 Å². The number of nitrogens with zero attached hydrogens (tertiary/aromatic N) is 1. The van der Waals surface area contributed by atoms with Crippen molar-refractivity contribution in [1.82, 2.24) is 0 Å². The van der Waals surface area contributed by atoms with Gasteiger partial charge in [0, 0.05) is 12.1 Å². The first-order valence-corrected chi connectivity index (χ1v) is 6.82. The summed E-state index contributed by atoms with van der Waals surface area (Å²) in [4.78, 5) is 22.2. The highest BCUT2D eigenvalue weighted by Crippen LogP contribution is 2.29. The van der Waals surface area contributed by atoms with Crippen LogP contribution in [0.3, 0.4) is 0 Å². The topological polar surface area (TPSA) is 78.7 Å². The smallest absolute Gasteiger partial charge is 0.343 e. The number of methoxy groups -OCH3 is 1. The van der Waals surface area contributed by atoms with E-state index in [1.807, 2.05) is 19.1 Å². The highest BCUT2D eigenvalue weighted by Gasteiger charge is 2.14. The van der Waals surface area contributed by atoms with E-state index in [0.717, 1.165) is 5.56 Å². The van der Waals surface area contributed by atoms with E-state index in [-0.39, 0.29) is 17.0 Å². The molecule has 0 aromatic heterocycles. The predicted octanol–water partition coefficient (Wildman–Crippen LogP) is 3.86. The Labute approximate surface area is 133 Å². The monoisotopic (exact) mass is 313 g/mol. The Morgan fingerprint density at radius 2 is 1.83 bits per heavy atom. The van der Waals surface area contributed by atoms with Crippen LogP contribution in [0.15, 0.2) is 48.5 Å². The summed E-state index contributed by atoms with van der Waals surface area (Å²) < 4.78 is 10.5. The Bertz CT molecular complexity index is 750. The molecule has 118 valence electrons. The molecule has 0 amide bonds. The van der Waals surface area contributed by atoms with Crippen LogP contribution >= 0.6 is 0 Å². The van der Waals surface area contributed by atoms with Gasteiger partial charge in [-0.3, -0.25) is 10.1 Å². The molecule has 0 aliphatic rings. The van der Waals surface area contributed by atoms with Crippen LogP contribution in [-0.2, 0) is 0 Å². The summed E-state index contributed by atoms with van der Waals surface area (Å²) in [6.07, 6.45) is 3.78. The van der Waals surface area contributed by atoms with Crippen molar-refractivity contribution in [2.45, 2.75) is 6.92 Å². The third-order valence-corrected chi connectivity index (χ3v) is 3.06. The van der Waals surface area contributed by atoms with E-state index in [1.165, 1.54) is 31.4 Å². The summed E-state index contributed by atoms with van der Waals surface area (Å²) >= 11 is 0. The van der Waals surface area contributed by atoms with Crippen LogP contribution in [0.4, 0.5) is 5.69 Å². The number of non-ortho nitro benzene ring substituents is 1. The van der Waals surface area contributed by atoms with Crippen molar-refractivity contribution < 1.29 is 19.2 Å². The van der Waals surface area contributed by atoms with E-state index in [0.29, 0.717) is 5.75 Å². The maximum absolute atomic E-state index is 12.1. The van der Waals surface area contributed by atoms with Gasteiger partial charge in [-0.05, 0) is 36.8 Å². The number of carbonyl (C=O) groups is 1. The summed E-state index contributed by atoms with van der Waals surface area (Å²) in [5, 5.41) is 10.6. The van der Waals surface area contributed by atoms with Crippen LogP contribution in [0.5, 0.6) is 11.5 Å². The molecular formula is C17H15NO5. The maximum Gasteiger partial charge on any atom is 0.343 e. The molecule has 2 rings (SSSR count). The van der Waals surface area contributed by atoms with Crippen molar-refractivity contribution in [3.63, 3.8) is 0 Å². The molecule has 23 heavy (non-hydrogen) atoms. The van der Waals surface area contributed by atoms with Crippen LogP contribution in [0.25, 0.3) is 6.08 Å². The van der Waals surface area contributed by atoms with Gasteiger partial charge in [0.15, 0.2) is 11.5 Å². The van der Waals surface area contributed by atoms with Gasteiger partial charge in [-0.25, -0.2) is 4.79 Å². The molecule has 0 spiro atoms. The molecule has 2 aromatic carbocycles. The number of hydrogen-bond donors (Lipinski definition) is 0. The summed E-state index contributed by atoms with van der Waals surface area (Å²) in [5.41, 5.74) is 1.05. The number of esters is 1. The lowest BCUT2D eigenvalue weighted by Crippen LogP contribution is -2.09. The molecule has 2 aromatic rings. The first kappa shape index (κ1) is 16.2. The number of rotatable bonds is 5. The zero-order chi connectivity index (χ0) is 16.8. The van der Waals surface area contributed by atoms with E-state index in [9.17, 15) is 14.9 Å². The summed E-state index contributed by atoms with van der Waals surface area (Å²) in [6.45, 7) is 1.90. The zero-order valence-corrected chi connectivity index (χ0v) is 12.7. The molecule has 0 saturated heterocycles. The van der Waals surface area contributed by atoms with Crippen molar-refractivity contribution in [3.8, 4) is 11.5 Å². The lowest BCUT2D eigenvalue weighted by Gasteiger charge is -2.10. The highest BCUT2D eigenvalue weighted by molar-refractivity contribution is 5.91. The number of nitro groups is 1. The Balaban J connectivity index is 2.20. The summed E-state index contributed by atoms with van der Waals surface area (Å²) in [6, 6.07) is 10.4. The van der Waals surface area contributed by atoms with Gasteiger partial charge in [-0.1, -0.05) is 18.2 Å². The number of allylic oxidation sites excluding steroid dienone is 1. The van der Waals surface area contributed by atoms with Gasteiger partial charge in [-0.2, -0.15) is 0 Å². The largest absolute Gasteiger partial charge is 0.493 e. The molecule has 0 heterocycles. The number of ether oxygens (including phenoxy) is 2. The van der Waals surface area contributed by atoms with Crippen LogP contribution in [0, 0.1) is 10.1 Å². The van der Waals surface area contributed by atoms with Crippen molar-refractivity contribution in [2.24, 2.45) is 0 Å². The fraction of sp³-hybridized carbons (Fsp3) is 0.118. The molecule has 0 N–H and O–H groups in total. The fourth-order valence-corrected chi connectivity index (χ4v) is 1.94. The van der Waals surface area contributed by atoms with Crippen molar-refractivity contribution >= 4 is 17.7 Å². The molecule has 0 aliphatic carbocycles. The third kappa shape index (κ3) is 3.94. The number of benzene rings is 2. The molecule has 0 atom stereocenters. The van der Waals surface area contributed by atoms with Crippen LogP contribution in [0.1, 0.15) is 22.8 Å². The van der Waals surface area contributed by atoms with Gasteiger partial charge in [0.2, 0.25) is 0 Å². The first-order valence-electron chi connectivity index (χ1n) is 6.82. The molecule has 0 bridgehead atoms. The van der Waals surface area contributed by atoms with Crippen LogP contribution < -0.4 is 9.47 Å². The van der Waals surface area contributed by atoms with Crippen molar-refractivity contribution in [2.75, 3.05) is 7.11 Å². The Morgan fingerprint density at radius 3 is 2.39 bits per heavy atom. The lowest BCUT2D eigenvalue weighted by molar-refractivity contribution is -0.384. The second-order valence-corrected chi connectivity index (χ2v) is 4.60.